The lowest BCUT2D eigenvalue weighted by Crippen LogP contribution is -2.34. The number of amides is 1. The molecule has 0 bridgehead atoms. The van der Waals surface area contributed by atoms with Gasteiger partial charge in [0.05, 0.1) is 11.6 Å². The first kappa shape index (κ1) is 17.3. The molecule has 124 valence electrons. The Morgan fingerprint density at radius 2 is 1.78 bits per heavy atom. The van der Waals surface area contributed by atoms with E-state index in [2.05, 4.69) is 41.4 Å². The lowest BCUT2D eigenvalue weighted by Gasteiger charge is -2.25. The van der Waals surface area contributed by atoms with Crippen LogP contribution in [0.15, 0.2) is 30.3 Å². The molecule has 0 saturated heterocycles. The molecule has 2 rings (SSSR count). The number of aryl methyl sites for hydroxylation is 2. The van der Waals surface area contributed by atoms with E-state index in [1.807, 2.05) is 45.6 Å². The molecule has 1 amide bonds. The van der Waals surface area contributed by atoms with E-state index in [0.29, 0.717) is 6.54 Å². The highest BCUT2D eigenvalue weighted by molar-refractivity contribution is 5.95. The van der Waals surface area contributed by atoms with Gasteiger partial charge in [-0.2, -0.15) is 0 Å². The average molecular weight is 313 g/mol. The Balaban J connectivity index is 2.11. The summed E-state index contributed by atoms with van der Waals surface area (Å²) in [7, 11) is 6.06. The number of aromatic nitrogens is 1. The summed E-state index contributed by atoms with van der Waals surface area (Å²) in [5, 5.41) is 3.08. The Kier molecular flexibility index (Phi) is 5.26. The van der Waals surface area contributed by atoms with Crippen LogP contribution >= 0.6 is 0 Å². The second-order valence-electron chi connectivity index (χ2n) is 6.44. The average Bonchev–Trinajstić information content (AvgIpc) is 2.76. The smallest absolute Gasteiger partial charge is 0.253 e. The van der Waals surface area contributed by atoms with Crippen LogP contribution in [0.2, 0.25) is 0 Å². The van der Waals surface area contributed by atoms with Crippen LogP contribution in [0.4, 0.5) is 0 Å². The number of hydrogen-bond donors (Lipinski definition) is 1. The summed E-state index contributed by atoms with van der Waals surface area (Å²) in [6.45, 7) is 6.66. The third-order valence-electron chi connectivity index (χ3n) is 4.56. The van der Waals surface area contributed by atoms with Crippen LogP contribution in [0.25, 0.3) is 0 Å². The SMILES string of the molecule is Cc1ccc(C(CNC(=O)c2cc(C)n(C)c2C)N(C)C)cc1. The minimum Gasteiger partial charge on any atom is -0.351 e. The van der Waals surface area contributed by atoms with Crippen molar-refractivity contribution in [3.63, 3.8) is 0 Å². The lowest BCUT2D eigenvalue weighted by atomic mass is 10.0. The zero-order valence-corrected chi connectivity index (χ0v) is 15.0. The standard InChI is InChI=1S/C19H27N3O/c1-13-7-9-16(10-8-13)18(21(4)5)12-20-19(23)17-11-14(2)22(6)15(17)3/h7-11,18H,12H2,1-6H3,(H,20,23). The van der Waals surface area contributed by atoms with Crippen molar-refractivity contribution in [2.24, 2.45) is 7.05 Å². The predicted molar refractivity (Wildman–Crippen MR) is 94.8 cm³/mol. The molecule has 0 saturated carbocycles. The van der Waals surface area contributed by atoms with E-state index in [4.69, 9.17) is 0 Å². The van der Waals surface area contributed by atoms with Gasteiger partial charge in [-0.3, -0.25) is 4.79 Å². The first-order chi connectivity index (χ1) is 10.8. The highest BCUT2D eigenvalue weighted by Crippen LogP contribution is 2.19. The van der Waals surface area contributed by atoms with Crippen LogP contribution in [0.3, 0.4) is 0 Å². The Bertz CT molecular complexity index is 683. The molecule has 4 nitrogen and oxygen atoms in total. The summed E-state index contributed by atoms with van der Waals surface area (Å²) in [6.07, 6.45) is 0. The van der Waals surface area contributed by atoms with E-state index in [1.165, 1.54) is 11.1 Å². The van der Waals surface area contributed by atoms with E-state index in [1.54, 1.807) is 0 Å². The molecule has 2 aromatic rings. The van der Waals surface area contributed by atoms with Gasteiger partial charge >= 0.3 is 0 Å². The molecule has 0 aliphatic carbocycles. The maximum absolute atomic E-state index is 12.5. The van der Waals surface area contributed by atoms with E-state index < -0.39 is 0 Å². The van der Waals surface area contributed by atoms with Crippen molar-refractivity contribution in [2.75, 3.05) is 20.6 Å². The number of carbonyl (C=O) groups excluding carboxylic acids is 1. The molecule has 1 unspecified atom stereocenters. The van der Waals surface area contributed by atoms with Crippen LogP contribution in [0.5, 0.6) is 0 Å². The second-order valence-corrected chi connectivity index (χ2v) is 6.44. The Morgan fingerprint density at radius 3 is 2.26 bits per heavy atom. The summed E-state index contributed by atoms with van der Waals surface area (Å²) in [6, 6.07) is 10.6. The summed E-state index contributed by atoms with van der Waals surface area (Å²) in [5.74, 6) is -0.00911. The lowest BCUT2D eigenvalue weighted by molar-refractivity contribution is 0.0941. The third-order valence-corrected chi connectivity index (χ3v) is 4.56. The Hall–Kier alpha value is -2.07. The van der Waals surface area contributed by atoms with Crippen LogP contribution in [0.1, 0.15) is 38.9 Å². The maximum Gasteiger partial charge on any atom is 0.253 e. The molecule has 23 heavy (non-hydrogen) atoms. The molecule has 1 aromatic carbocycles. The van der Waals surface area contributed by atoms with Gasteiger partial charge in [0, 0.05) is 25.0 Å². The number of likely N-dealkylation sites (N-methyl/N-ethyl adjacent to an activating group) is 1. The van der Waals surface area contributed by atoms with Crippen LogP contribution < -0.4 is 5.32 Å². The maximum atomic E-state index is 12.5. The Labute approximate surface area is 139 Å². The number of benzene rings is 1. The zero-order valence-electron chi connectivity index (χ0n) is 15.0. The normalized spacial score (nSPS) is 12.5. The van der Waals surface area contributed by atoms with Gasteiger partial charge in [0.25, 0.3) is 5.91 Å². The van der Waals surface area contributed by atoms with Crippen molar-refractivity contribution < 1.29 is 4.79 Å². The summed E-state index contributed by atoms with van der Waals surface area (Å²) in [5.41, 5.74) is 5.30. The van der Waals surface area contributed by atoms with Crippen molar-refractivity contribution in [3.8, 4) is 0 Å². The fraction of sp³-hybridized carbons (Fsp3) is 0.421. The van der Waals surface area contributed by atoms with Gasteiger partial charge in [-0.25, -0.2) is 0 Å². The van der Waals surface area contributed by atoms with Crippen LogP contribution in [-0.2, 0) is 7.05 Å². The van der Waals surface area contributed by atoms with Gasteiger partial charge in [0.15, 0.2) is 0 Å². The molecule has 1 N–H and O–H groups in total. The van der Waals surface area contributed by atoms with Gasteiger partial charge < -0.3 is 14.8 Å². The highest BCUT2D eigenvalue weighted by atomic mass is 16.1. The van der Waals surface area contributed by atoms with Crippen molar-refractivity contribution in [2.45, 2.75) is 26.8 Å². The quantitative estimate of drug-likeness (QED) is 0.921. The van der Waals surface area contributed by atoms with Crippen LogP contribution in [0, 0.1) is 20.8 Å². The van der Waals surface area contributed by atoms with Gasteiger partial charge in [-0.05, 0) is 46.5 Å². The molecule has 1 aromatic heterocycles. The summed E-state index contributed by atoms with van der Waals surface area (Å²) < 4.78 is 2.04. The molecule has 0 aliphatic rings. The van der Waals surface area contributed by atoms with Crippen molar-refractivity contribution in [3.05, 3.63) is 58.4 Å². The van der Waals surface area contributed by atoms with E-state index in [0.717, 1.165) is 17.0 Å². The largest absolute Gasteiger partial charge is 0.351 e. The molecule has 1 heterocycles. The fourth-order valence-electron chi connectivity index (χ4n) is 2.76. The molecule has 0 aliphatic heterocycles. The first-order valence-corrected chi connectivity index (χ1v) is 7.95. The molecule has 0 radical (unpaired) electrons. The number of nitrogens with one attached hydrogen (secondary N) is 1. The summed E-state index contributed by atoms with van der Waals surface area (Å²) >= 11 is 0. The van der Waals surface area contributed by atoms with Gasteiger partial charge in [0.2, 0.25) is 0 Å². The van der Waals surface area contributed by atoms with Crippen molar-refractivity contribution in [1.82, 2.24) is 14.8 Å². The monoisotopic (exact) mass is 313 g/mol. The number of carbonyl (C=O) groups is 1. The predicted octanol–water partition coefficient (Wildman–Crippen LogP) is 2.98. The van der Waals surface area contributed by atoms with E-state index in [9.17, 15) is 4.79 Å². The van der Waals surface area contributed by atoms with Gasteiger partial charge in [-0.1, -0.05) is 29.8 Å². The number of rotatable bonds is 5. The third kappa shape index (κ3) is 3.82. The molecular weight excluding hydrogens is 286 g/mol. The van der Waals surface area contributed by atoms with Crippen molar-refractivity contribution in [1.29, 1.82) is 0 Å². The first-order valence-electron chi connectivity index (χ1n) is 7.95. The fourth-order valence-corrected chi connectivity index (χ4v) is 2.76. The van der Waals surface area contributed by atoms with Gasteiger partial charge in [-0.15, -0.1) is 0 Å². The van der Waals surface area contributed by atoms with Gasteiger partial charge in [0.1, 0.15) is 0 Å². The van der Waals surface area contributed by atoms with E-state index >= 15 is 0 Å². The number of nitrogens with zero attached hydrogens (tertiary/aromatic N) is 2. The Morgan fingerprint density at radius 1 is 1.17 bits per heavy atom. The zero-order chi connectivity index (χ0) is 17.1. The van der Waals surface area contributed by atoms with Crippen molar-refractivity contribution >= 4 is 5.91 Å². The van der Waals surface area contributed by atoms with Crippen LogP contribution in [-0.4, -0.2) is 36.0 Å². The molecular formula is C19H27N3O. The molecule has 0 spiro atoms. The summed E-state index contributed by atoms with van der Waals surface area (Å²) in [4.78, 5) is 14.6. The minimum atomic E-state index is -0.00911. The highest BCUT2D eigenvalue weighted by Gasteiger charge is 2.18. The molecule has 4 heteroatoms. The second kappa shape index (κ2) is 7.01. The molecule has 1 atom stereocenters. The minimum absolute atomic E-state index is 0.00911. The number of hydrogen-bond acceptors (Lipinski definition) is 2. The molecule has 0 fully saturated rings. The topological polar surface area (TPSA) is 37.3 Å². The van der Waals surface area contributed by atoms with E-state index in [-0.39, 0.29) is 11.9 Å².